The van der Waals surface area contributed by atoms with Crippen molar-refractivity contribution in [1.82, 2.24) is 4.98 Å². The van der Waals surface area contributed by atoms with E-state index >= 15 is 0 Å². The van der Waals surface area contributed by atoms with Gasteiger partial charge in [0.25, 0.3) is 0 Å². The lowest BCUT2D eigenvalue weighted by Gasteiger charge is -2.12. The molecule has 1 aromatic rings. The normalized spacial score (nSPS) is 12.2. The smallest absolute Gasteiger partial charge is 0.228 e. The zero-order valence-electron chi connectivity index (χ0n) is 9.16. The van der Waals surface area contributed by atoms with Gasteiger partial charge in [-0.3, -0.25) is 9.78 Å². The summed E-state index contributed by atoms with van der Waals surface area (Å²) in [6.45, 7) is 4.26. The molecule has 0 aliphatic heterocycles. The first-order valence-corrected chi connectivity index (χ1v) is 5.10. The van der Waals surface area contributed by atoms with Gasteiger partial charge >= 0.3 is 0 Å². The number of carbonyl (C=O) groups is 1. The number of rotatable bonds is 4. The van der Waals surface area contributed by atoms with Gasteiger partial charge in [-0.1, -0.05) is 6.92 Å². The standard InChI is InChI=1S/C11H17N3O/c1-3-9(5-12)11(15)14-10-4-8(2)6-13-7-10/h4,6-7,9H,3,5,12H2,1-2H3,(H,14,15). The highest BCUT2D eigenvalue weighted by molar-refractivity contribution is 5.92. The van der Waals surface area contributed by atoms with Crippen LogP contribution in [-0.4, -0.2) is 17.4 Å². The lowest BCUT2D eigenvalue weighted by atomic mass is 10.1. The molecule has 1 unspecified atom stereocenters. The number of nitrogens with zero attached hydrogens (tertiary/aromatic N) is 1. The molecule has 0 aliphatic rings. The first-order valence-electron chi connectivity index (χ1n) is 5.10. The first kappa shape index (κ1) is 11.7. The largest absolute Gasteiger partial charge is 0.330 e. The maximum Gasteiger partial charge on any atom is 0.228 e. The highest BCUT2D eigenvalue weighted by atomic mass is 16.1. The molecule has 1 aromatic heterocycles. The lowest BCUT2D eigenvalue weighted by Crippen LogP contribution is -2.28. The summed E-state index contributed by atoms with van der Waals surface area (Å²) < 4.78 is 0. The minimum absolute atomic E-state index is 0.0348. The molecule has 3 N–H and O–H groups in total. The summed E-state index contributed by atoms with van der Waals surface area (Å²) in [7, 11) is 0. The van der Waals surface area contributed by atoms with Gasteiger partial charge in [-0.2, -0.15) is 0 Å². The molecule has 0 spiro atoms. The highest BCUT2D eigenvalue weighted by Crippen LogP contribution is 2.10. The Balaban J connectivity index is 2.65. The minimum Gasteiger partial charge on any atom is -0.330 e. The zero-order chi connectivity index (χ0) is 11.3. The van der Waals surface area contributed by atoms with Crippen LogP contribution in [0, 0.1) is 12.8 Å². The number of aromatic nitrogens is 1. The molecule has 0 saturated heterocycles. The van der Waals surface area contributed by atoms with Crippen molar-refractivity contribution in [3.05, 3.63) is 24.0 Å². The van der Waals surface area contributed by atoms with E-state index in [1.165, 1.54) is 0 Å². The van der Waals surface area contributed by atoms with Gasteiger partial charge < -0.3 is 11.1 Å². The Kier molecular flexibility index (Phi) is 4.24. The van der Waals surface area contributed by atoms with Gasteiger partial charge in [0.2, 0.25) is 5.91 Å². The van der Waals surface area contributed by atoms with E-state index in [9.17, 15) is 4.79 Å². The molecule has 82 valence electrons. The summed E-state index contributed by atoms with van der Waals surface area (Å²) in [5.74, 6) is -0.155. The monoisotopic (exact) mass is 207 g/mol. The van der Waals surface area contributed by atoms with E-state index < -0.39 is 0 Å². The third-order valence-corrected chi connectivity index (χ3v) is 2.29. The summed E-state index contributed by atoms with van der Waals surface area (Å²) in [6.07, 6.45) is 4.13. The number of carbonyl (C=O) groups excluding carboxylic acids is 1. The van der Waals surface area contributed by atoms with Crippen molar-refractivity contribution in [2.24, 2.45) is 11.7 Å². The molecule has 0 fully saturated rings. The number of pyridine rings is 1. The molecule has 0 radical (unpaired) electrons. The topological polar surface area (TPSA) is 68.0 Å². The van der Waals surface area contributed by atoms with Crippen LogP contribution < -0.4 is 11.1 Å². The number of hydrogen-bond acceptors (Lipinski definition) is 3. The highest BCUT2D eigenvalue weighted by Gasteiger charge is 2.14. The van der Waals surface area contributed by atoms with Gasteiger partial charge in [0.15, 0.2) is 0 Å². The Hall–Kier alpha value is -1.42. The molecule has 0 aromatic carbocycles. The van der Waals surface area contributed by atoms with Crippen LogP contribution in [0.15, 0.2) is 18.5 Å². The van der Waals surface area contributed by atoms with Crippen LogP contribution in [0.3, 0.4) is 0 Å². The van der Waals surface area contributed by atoms with Gasteiger partial charge in [0.1, 0.15) is 0 Å². The second-order valence-corrected chi connectivity index (χ2v) is 3.58. The molecular weight excluding hydrogens is 190 g/mol. The fourth-order valence-corrected chi connectivity index (χ4v) is 1.33. The minimum atomic E-state index is -0.120. The second-order valence-electron chi connectivity index (χ2n) is 3.58. The Morgan fingerprint density at radius 1 is 1.60 bits per heavy atom. The number of aryl methyl sites for hydroxylation is 1. The van der Waals surface area contributed by atoms with Crippen LogP contribution in [0.5, 0.6) is 0 Å². The van der Waals surface area contributed by atoms with Crippen LogP contribution in [0.25, 0.3) is 0 Å². The van der Waals surface area contributed by atoms with E-state index in [1.807, 2.05) is 19.9 Å². The molecule has 15 heavy (non-hydrogen) atoms. The number of nitrogens with one attached hydrogen (secondary N) is 1. The molecule has 1 atom stereocenters. The van der Waals surface area contributed by atoms with Crippen LogP contribution in [0.4, 0.5) is 5.69 Å². The molecule has 0 aliphatic carbocycles. The van der Waals surface area contributed by atoms with E-state index in [2.05, 4.69) is 10.3 Å². The average Bonchev–Trinajstić information content (AvgIpc) is 2.19. The molecule has 1 amide bonds. The predicted octanol–water partition coefficient (Wildman–Crippen LogP) is 1.31. The molecule has 1 heterocycles. The molecule has 4 nitrogen and oxygen atoms in total. The van der Waals surface area contributed by atoms with E-state index in [-0.39, 0.29) is 11.8 Å². The van der Waals surface area contributed by atoms with Gasteiger partial charge in [-0.05, 0) is 25.0 Å². The first-order chi connectivity index (χ1) is 7.17. The van der Waals surface area contributed by atoms with Gasteiger partial charge in [0.05, 0.1) is 17.8 Å². The summed E-state index contributed by atoms with van der Waals surface area (Å²) in [5, 5.41) is 2.80. The van der Waals surface area contributed by atoms with Crippen molar-refractivity contribution in [2.45, 2.75) is 20.3 Å². The molecule has 0 saturated carbocycles. The van der Waals surface area contributed by atoms with Crippen molar-refractivity contribution in [3.63, 3.8) is 0 Å². The molecule has 4 heteroatoms. The van der Waals surface area contributed by atoms with Crippen LogP contribution >= 0.6 is 0 Å². The molecule has 1 rings (SSSR count). The quantitative estimate of drug-likeness (QED) is 0.782. The SMILES string of the molecule is CCC(CN)C(=O)Nc1cncc(C)c1. The average molecular weight is 207 g/mol. The van der Waals surface area contributed by atoms with Crippen LogP contribution in [0.2, 0.25) is 0 Å². The molecular formula is C11H17N3O. The maximum atomic E-state index is 11.7. The third kappa shape index (κ3) is 3.32. The third-order valence-electron chi connectivity index (χ3n) is 2.29. The Morgan fingerprint density at radius 2 is 2.33 bits per heavy atom. The van der Waals surface area contributed by atoms with Gasteiger partial charge in [0, 0.05) is 12.7 Å². The fraction of sp³-hybridized carbons (Fsp3) is 0.455. The zero-order valence-corrected chi connectivity index (χ0v) is 9.16. The van der Waals surface area contributed by atoms with Crippen molar-refractivity contribution < 1.29 is 4.79 Å². The van der Waals surface area contributed by atoms with E-state index in [0.717, 1.165) is 17.7 Å². The summed E-state index contributed by atoms with van der Waals surface area (Å²) in [4.78, 5) is 15.7. The van der Waals surface area contributed by atoms with Crippen molar-refractivity contribution in [1.29, 1.82) is 0 Å². The van der Waals surface area contributed by atoms with Crippen LogP contribution in [0.1, 0.15) is 18.9 Å². The Morgan fingerprint density at radius 3 is 2.87 bits per heavy atom. The van der Waals surface area contributed by atoms with E-state index in [0.29, 0.717) is 6.54 Å². The lowest BCUT2D eigenvalue weighted by molar-refractivity contribution is -0.119. The number of nitrogens with two attached hydrogens (primary N) is 1. The van der Waals surface area contributed by atoms with Crippen molar-refractivity contribution >= 4 is 11.6 Å². The predicted molar refractivity (Wildman–Crippen MR) is 60.4 cm³/mol. The number of anilines is 1. The maximum absolute atomic E-state index is 11.7. The van der Waals surface area contributed by atoms with Crippen molar-refractivity contribution in [3.8, 4) is 0 Å². The summed E-state index contributed by atoms with van der Waals surface area (Å²) >= 11 is 0. The Bertz CT molecular complexity index is 334. The van der Waals surface area contributed by atoms with E-state index in [4.69, 9.17) is 5.73 Å². The summed E-state index contributed by atoms with van der Waals surface area (Å²) in [5.41, 5.74) is 7.24. The summed E-state index contributed by atoms with van der Waals surface area (Å²) in [6, 6.07) is 1.88. The van der Waals surface area contributed by atoms with Crippen LogP contribution in [-0.2, 0) is 4.79 Å². The van der Waals surface area contributed by atoms with Gasteiger partial charge in [-0.25, -0.2) is 0 Å². The van der Waals surface area contributed by atoms with Gasteiger partial charge in [-0.15, -0.1) is 0 Å². The van der Waals surface area contributed by atoms with E-state index in [1.54, 1.807) is 12.4 Å². The number of hydrogen-bond donors (Lipinski definition) is 2. The second kappa shape index (κ2) is 5.46. The van der Waals surface area contributed by atoms with Crippen molar-refractivity contribution in [2.75, 3.05) is 11.9 Å². The number of amides is 1. The Labute approximate surface area is 89.9 Å². The fourth-order valence-electron chi connectivity index (χ4n) is 1.33. The molecule has 0 bridgehead atoms.